The molecule has 0 radical (unpaired) electrons. The lowest BCUT2D eigenvalue weighted by atomic mass is 10.5. The molecule has 0 spiro atoms. The fraction of sp³-hybridized carbons (Fsp3) is 1.00. The van der Waals surface area contributed by atoms with Crippen LogP contribution in [-0.4, -0.2) is 22.2 Å². The van der Waals surface area contributed by atoms with Gasteiger partial charge in [-0.1, -0.05) is 15.9 Å². The quantitative estimate of drug-likeness (QED) is 0.575. The fourth-order valence-electron chi connectivity index (χ4n) is 0.368. The molecule has 0 aromatic rings. The first-order valence-corrected chi connectivity index (χ1v) is 4.23. The Bertz CT molecular complexity index is 107. The minimum atomic E-state index is -1.48. The summed E-state index contributed by atoms with van der Waals surface area (Å²) in [6.07, 6.45) is -0.0316. The van der Waals surface area contributed by atoms with Crippen LogP contribution in [0.5, 0.6) is 0 Å². The van der Waals surface area contributed by atoms with E-state index in [4.69, 9.17) is 4.18 Å². The van der Waals surface area contributed by atoms with Crippen LogP contribution in [0.2, 0.25) is 0 Å². The number of alkyl halides is 1. The zero-order valence-electron chi connectivity index (χ0n) is 4.00. The molecule has 1 aliphatic heterocycles. The van der Waals surface area contributed by atoms with Crippen LogP contribution in [0, 0.1) is 0 Å². The first-order chi connectivity index (χ1) is 3.83. The molecule has 0 aromatic carbocycles. The average molecular weight is 201 g/mol. The van der Waals surface area contributed by atoms with Gasteiger partial charge < -0.3 is 0 Å². The van der Waals surface area contributed by atoms with Crippen molar-refractivity contribution in [3.05, 3.63) is 0 Å². The molecular formula is C3H5BrO3S. The largest absolute Gasteiger partial charge is 0.305 e. The van der Waals surface area contributed by atoms with Crippen molar-refractivity contribution in [3.8, 4) is 0 Å². The van der Waals surface area contributed by atoms with E-state index in [1.807, 2.05) is 0 Å². The van der Waals surface area contributed by atoms with Crippen LogP contribution in [-0.2, 0) is 19.7 Å². The van der Waals surface area contributed by atoms with Crippen molar-refractivity contribution in [2.45, 2.75) is 6.10 Å². The summed E-state index contributed by atoms with van der Waals surface area (Å²) in [5, 5.41) is 0.679. The predicted octanol–water partition coefficient (Wildman–Crippen LogP) is 0.375. The summed E-state index contributed by atoms with van der Waals surface area (Å²) in [7, 11) is 0. The maximum atomic E-state index is 10.3. The molecule has 0 aliphatic carbocycles. The molecule has 0 bridgehead atoms. The summed E-state index contributed by atoms with van der Waals surface area (Å²) in [5.74, 6) is 0. The molecule has 48 valence electrons. The van der Waals surface area contributed by atoms with E-state index < -0.39 is 11.4 Å². The summed E-state index contributed by atoms with van der Waals surface area (Å²) < 4.78 is 19.5. The zero-order chi connectivity index (χ0) is 5.98. The molecule has 1 unspecified atom stereocenters. The monoisotopic (exact) mass is 200 g/mol. The lowest BCUT2D eigenvalue weighted by Crippen LogP contribution is -2.09. The van der Waals surface area contributed by atoms with Crippen LogP contribution < -0.4 is 0 Å². The van der Waals surface area contributed by atoms with Crippen molar-refractivity contribution in [3.63, 3.8) is 0 Å². The second kappa shape index (κ2) is 2.91. The molecule has 1 rings (SSSR count). The molecule has 3 nitrogen and oxygen atoms in total. The smallest absolute Gasteiger partial charge is 0.266 e. The topological polar surface area (TPSA) is 35.5 Å². The third-order valence-corrected chi connectivity index (χ3v) is 2.22. The summed E-state index contributed by atoms with van der Waals surface area (Å²) in [5.41, 5.74) is 0. The molecule has 8 heavy (non-hydrogen) atoms. The average Bonchev–Trinajstić information content (AvgIpc) is 2.14. The predicted molar refractivity (Wildman–Crippen MR) is 32.8 cm³/mol. The Kier molecular flexibility index (Phi) is 2.43. The van der Waals surface area contributed by atoms with Gasteiger partial charge in [-0.05, 0) is 0 Å². The Morgan fingerprint density at radius 3 is 2.88 bits per heavy atom. The van der Waals surface area contributed by atoms with Crippen molar-refractivity contribution in [2.24, 2.45) is 0 Å². The lowest BCUT2D eigenvalue weighted by molar-refractivity contribution is 0.268. The summed E-state index contributed by atoms with van der Waals surface area (Å²) >= 11 is 1.68. The van der Waals surface area contributed by atoms with Gasteiger partial charge in [0, 0.05) is 5.33 Å². The minimum Gasteiger partial charge on any atom is -0.266 e. The highest BCUT2D eigenvalue weighted by Gasteiger charge is 2.21. The number of rotatable bonds is 1. The van der Waals surface area contributed by atoms with E-state index in [1.165, 1.54) is 0 Å². The fourth-order valence-corrected chi connectivity index (χ4v) is 1.53. The highest BCUT2D eigenvalue weighted by molar-refractivity contribution is 9.09. The van der Waals surface area contributed by atoms with E-state index in [0.717, 1.165) is 0 Å². The van der Waals surface area contributed by atoms with Crippen molar-refractivity contribution in [1.29, 1.82) is 0 Å². The molecule has 1 heterocycles. The van der Waals surface area contributed by atoms with Crippen LogP contribution in [0.3, 0.4) is 0 Å². The van der Waals surface area contributed by atoms with E-state index in [2.05, 4.69) is 20.1 Å². The van der Waals surface area contributed by atoms with Gasteiger partial charge in [0.15, 0.2) is 0 Å². The van der Waals surface area contributed by atoms with Crippen LogP contribution >= 0.6 is 15.9 Å². The lowest BCUT2D eigenvalue weighted by Gasteiger charge is -1.94. The molecule has 0 saturated carbocycles. The Labute approximate surface area is 58.4 Å². The minimum absolute atomic E-state index is 0.0316. The molecule has 0 aromatic heterocycles. The van der Waals surface area contributed by atoms with Crippen LogP contribution in [0.4, 0.5) is 0 Å². The van der Waals surface area contributed by atoms with Crippen LogP contribution in [0.15, 0.2) is 0 Å². The third kappa shape index (κ3) is 1.51. The van der Waals surface area contributed by atoms with Gasteiger partial charge in [-0.25, -0.2) is 0 Å². The molecule has 0 N–H and O–H groups in total. The first kappa shape index (κ1) is 6.67. The van der Waals surface area contributed by atoms with E-state index in [9.17, 15) is 4.21 Å². The molecule has 2 atom stereocenters. The Morgan fingerprint density at radius 1 is 1.88 bits per heavy atom. The van der Waals surface area contributed by atoms with Gasteiger partial charge in [0.2, 0.25) is 0 Å². The molecule has 1 saturated heterocycles. The van der Waals surface area contributed by atoms with Gasteiger partial charge in [-0.3, -0.25) is 8.37 Å². The second-order valence-electron chi connectivity index (χ2n) is 1.36. The molecule has 1 aliphatic rings. The zero-order valence-corrected chi connectivity index (χ0v) is 6.41. The van der Waals surface area contributed by atoms with E-state index in [0.29, 0.717) is 11.9 Å². The van der Waals surface area contributed by atoms with Gasteiger partial charge in [-0.15, -0.1) is 0 Å². The summed E-state index contributed by atoms with van der Waals surface area (Å²) in [6, 6.07) is 0. The highest BCUT2D eigenvalue weighted by atomic mass is 79.9. The molecule has 1 fully saturated rings. The number of hydrogen-bond donors (Lipinski definition) is 0. The SMILES string of the molecule is O=S1OC[C@@H](CBr)O1. The Morgan fingerprint density at radius 2 is 2.62 bits per heavy atom. The van der Waals surface area contributed by atoms with Crippen molar-refractivity contribution < 1.29 is 12.6 Å². The van der Waals surface area contributed by atoms with Gasteiger partial charge in [0.25, 0.3) is 0 Å². The summed E-state index contributed by atoms with van der Waals surface area (Å²) in [4.78, 5) is 0. The second-order valence-corrected chi connectivity index (χ2v) is 2.85. The maximum absolute atomic E-state index is 10.3. The summed E-state index contributed by atoms with van der Waals surface area (Å²) in [6.45, 7) is 0.428. The van der Waals surface area contributed by atoms with Crippen LogP contribution in [0.1, 0.15) is 0 Å². The van der Waals surface area contributed by atoms with E-state index >= 15 is 0 Å². The van der Waals surface area contributed by atoms with Crippen molar-refractivity contribution in [2.75, 3.05) is 11.9 Å². The van der Waals surface area contributed by atoms with Gasteiger partial charge in [0.1, 0.15) is 6.10 Å². The molecular weight excluding hydrogens is 196 g/mol. The van der Waals surface area contributed by atoms with Gasteiger partial charge in [-0.2, -0.15) is 4.21 Å². The molecule has 5 heteroatoms. The van der Waals surface area contributed by atoms with Crippen molar-refractivity contribution >= 4 is 27.3 Å². The van der Waals surface area contributed by atoms with E-state index in [-0.39, 0.29) is 6.10 Å². The van der Waals surface area contributed by atoms with Crippen molar-refractivity contribution in [1.82, 2.24) is 0 Å². The normalized spacial score (nSPS) is 38.1. The van der Waals surface area contributed by atoms with Crippen LogP contribution in [0.25, 0.3) is 0 Å². The highest BCUT2D eigenvalue weighted by Crippen LogP contribution is 2.09. The van der Waals surface area contributed by atoms with E-state index in [1.54, 1.807) is 0 Å². The number of halogens is 1. The van der Waals surface area contributed by atoms with Gasteiger partial charge >= 0.3 is 11.4 Å². The maximum Gasteiger partial charge on any atom is 0.305 e. The molecule has 0 amide bonds. The first-order valence-electron chi connectivity index (χ1n) is 2.11. The Hall–Kier alpha value is 0.550. The third-order valence-electron chi connectivity index (χ3n) is 0.737. The standard InChI is InChI=1S/C3H5BrO3S/c4-1-3-2-6-8(5)7-3/h3H,1-2H2/t3-,8?/m1/s1. The Balaban J connectivity index is 2.32. The van der Waals surface area contributed by atoms with Gasteiger partial charge in [0.05, 0.1) is 6.61 Å². The number of hydrogen-bond acceptors (Lipinski definition) is 3.